The monoisotopic (exact) mass is 124 g/mol. The summed E-state index contributed by atoms with van der Waals surface area (Å²) in [5, 5.41) is 0. The van der Waals surface area contributed by atoms with Crippen LogP contribution in [0.25, 0.3) is 0 Å². The second-order valence-electron chi connectivity index (χ2n) is 0.516. The summed E-state index contributed by atoms with van der Waals surface area (Å²) in [6.45, 7) is 0. The minimum absolute atomic E-state index is 0.0949. The molecule has 0 aromatic carbocycles. The van der Waals surface area contributed by atoms with Gasteiger partial charge in [-0.25, -0.2) is 0 Å². The van der Waals surface area contributed by atoms with E-state index in [9.17, 15) is 0 Å². The first-order valence-electron chi connectivity index (χ1n) is 1.21. The zero-order chi connectivity index (χ0) is 4.99. The highest BCUT2D eigenvalue weighted by molar-refractivity contribution is 8.10. The van der Waals surface area contributed by atoms with E-state index >= 15 is 0 Å². The van der Waals surface area contributed by atoms with E-state index in [0.717, 1.165) is 0 Å². The van der Waals surface area contributed by atoms with Gasteiger partial charge in [-0.1, -0.05) is 12.6 Å². The third kappa shape index (κ3) is 4.20. The van der Waals surface area contributed by atoms with E-state index < -0.39 is 0 Å². The van der Waals surface area contributed by atoms with Gasteiger partial charge in [-0.05, 0) is 12.2 Å². The van der Waals surface area contributed by atoms with Gasteiger partial charge in [-0.3, -0.25) is 0 Å². The van der Waals surface area contributed by atoms with Crippen LogP contribution in [-0.2, 0) is 9.78 Å². The molecule has 0 spiro atoms. The molecule has 0 radical (unpaired) electrons. The van der Waals surface area contributed by atoms with Crippen molar-refractivity contribution in [3.63, 3.8) is 0 Å². The fourth-order valence-electron chi connectivity index (χ4n) is 0.0713. The molecule has 2 nitrogen and oxygen atoms in total. The van der Waals surface area contributed by atoms with Crippen molar-refractivity contribution in [3.05, 3.63) is 0 Å². The third-order valence-electron chi connectivity index (χ3n) is 0.155. The molecule has 0 atom stereocenters. The van der Waals surface area contributed by atoms with Crippen molar-refractivity contribution in [2.24, 2.45) is 0 Å². The molecular formula is C2H4O2S2. The van der Waals surface area contributed by atoms with E-state index in [4.69, 9.17) is 0 Å². The van der Waals surface area contributed by atoms with Crippen LogP contribution in [0, 0.1) is 0 Å². The van der Waals surface area contributed by atoms with Crippen LogP contribution >= 0.6 is 24.8 Å². The van der Waals surface area contributed by atoms with E-state index in [1.54, 1.807) is 0 Å². The Morgan fingerprint density at radius 3 is 2.33 bits per heavy atom. The number of hydrogen-bond donors (Lipinski definition) is 1. The average molecular weight is 124 g/mol. The van der Waals surface area contributed by atoms with Gasteiger partial charge >= 0.3 is 0 Å². The Morgan fingerprint density at radius 2 is 2.33 bits per heavy atom. The smallest absolute Gasteiger partial charge is 0.259 e. The molecule has 0 amide bonds. The quantitative estimate of drug-likeness (QED) is 0.241. The van der Waals surface area contributed by atoms with Crippen molar-refractivity contribution >= 4 is 29.2 Å². The number of thiol groups is 1. The number of rotatable bonds is 1. The fourth-order valence-corrected chi connectivity index (χ4v) is 0.214. The summed E-state index contributed by atoms with van der Waals surface area (Å²) < 4.78 is 0.0949. The van der Waals surface area contributed by atoms with Crippen LogP contribution < -0.4 is 0 Å². The molecule has 0 bridgehead atoms. The van der Waals surface area contributed by atoms with Gasteiger partial charge in [0.25, 0.3) is 4.38 Å². The van der Waals surface area contributed by atoms with E-state index in [0.29, 0.717) is 0 Å². The molecule has 0 aliphatic rings. The largest absolute Gasteiger partial charge is 0.319 e. The van der Waals surface area contributed by atoms with Crippen LogP contribution in [0.5, 0.6) is 0 Å². The van der Waals surface area contributed by atoms with Gasteiger partial charge in [0.15, 0.2) is 0 Å². The summed E-state index contributed by atoms with van der Waals surface area (Å²) in [4.78, 5) is 8.22. The molecule has 0 aliphatic carbocycles. The highest BCUT2D eigenvalue weighted by Gasteiger charge is 1.79. The van der Waals surface area contributed by atoms with Crippen LogP contribution in [-0.4, -0.2) is 11.5 Å². The summed E-state index contributed by atoms with van der Waals surface area (Å²) >= 11 is 7.87. The normalized spacial score (nSPS) is 7.67. The molecule has 0 saturated heterocycles. The molecule has 0 saturated carbocycles. The molecule has 0 aromatic rings. The minimum Gasteiger partial charge on any atom is -0.319 e. The lowest BCUT2D eigenvalue weighted by molar-refractivity contribution is -0.187. The maximum Gasteiger partial charge on any atom is 0.259 e. The molecule has 0 aliphatic heterocycles. The van der Waals surface area contributed by atoms with E-state index in [1.807, 2.05) is 0 Å². The lowest BCUT2D eigenvalue weighted by Gasteiger charge is -1.90. The summed E-state index contributed by atoms with van der Waals surface area (Å²) in [6, 6.07) is 0. The van der Waals surface area contributed by atoms with Crippen molar-refractivity contribution in [3.8, 4) is 0 Å². The summed E-state index contributed by atoms with van der Waals surface area (Å²) in [7, 11) is 1.36. The third-order valence-corrected chi connectivity index (χ3v) is 0.297. The molecule has 6 heavy (non-hydrogen) atoms. The van der Waals surface area contributed by atoms with Crippen LogP contribution in [0.3, 0.4) is 0 Å². The molecule has 0 fully saturated rings. The van der Waals surface area contributed by atoms with Crippen molar-refractivity contribution in [2.45, 2.75) is 0 Å². The molecule has 0 aromatic heterocycles. The first-order chi connectivity index (χ1) is 2.77. The molecule has 0 unspecified atom stereocenters. The van der Waals surface area contributed by atoms with Gasteiger partial charge in [-0.15, -0.1) is 0 Å². The van der Waals surface area contributed by atoms with Crippen LogP contribution in [0.2, 0.25) is 0 Å². The van der Waals surface area contributed by atoms with Crippen molar-refractivity contribution in [1.29, 1.82) is 0 Å². The average Bonchev–Trinajstić information content (AvgIpc) is 1.35. The molecule has 0 heterocycles. The zero-order valence-electron chi connectivity index (χ0n) is 3.17. The maximum absolute atomic E-state index is 4.31. The highest BCUT2D eigenvalue weighted by Crippen LogP contribution is 1.83. The van der Waals surface area contributed by atoms with Gasteiger partial charge < -0.3 is 4.89 Å². The van der Waals surface area contributed by atoms with E-state index in [1.165, 1.54) is 7.11 Å². The molecule has 36 valence electrons. The molecule has 0 rings (SSSR count). The Kier molecular flexibility index (Phi) is 3.51. The lowest BCUT2D eigenvalue weighted by atomic mass is 11.7. The zero-order valence-corrected chi connectivity index (χ0v) is 4.88. The van der Waals surface area contributed by atoms with Gasteiger partial charge in [0.1, 0.15) is 0 Å². The molecule has 4 heteroatoms. The topological polar surface area (TPSA) is 18.5 Å². The summed E-state index contributed by atoms with van der Waals surface area (Å²) in [5.74, 6) is 0. The number of hydrogen-bond acceptors (Lipinski definition) is 3. The Hall–Kier alpha value is 0.200. The molecule has 0 N–H and O–H groups in total. The fraction of sp³-hybridized carbons (Fsp3) is 0.500. The number of thiocarbonyl (C=S) groups is 1. The summed E-state index contributed by atoms with van der Waals surface area (Å²) in [5.41, 5.74) is 0. The highest BCUT2D eigenvalue weighted by atomic mass is 32.1. The Morgan fingerprint density at radius 1 is 1.83 bits per heavy atom. The van der Waals surface area contributed by atoms with Gasteiger partial charge in [0.2, 0.25) is 0 Å². The Bertz CT molecular complexity index is 53.5. The van der Waals surface area contributed by atoms with Gasteiger partial charge in [-0.2, -0.15) is 4.89 Å². The Balaban J connectivity index is 2.83. The van der Waals surface area contributed by atoms with Crippen molar-refractivity contribution in [2.75, 3.05) is 7.11 Å². The van der Waals surface area contributed by atoms with Crippen molar-refractivity contribution < 1.29 is 9.78 Å². The van der Waals surface area contributed by atoms with Gasteiger partial charge in [0, 0.05) is 0 Å². The van der Waals surface area contributed by atoms with Crippen LogP contribution in [0.1, 0.15) is 0 Å². The van der Waals surface area contributed by atoms with E-state index in [2.05, 4.69) is 34.6 Å². The SMILES string of the molecule is COOC(=S)S. The predicted octanol–water partition coefficient (Wildman–Crippen LogP) is 0.779. The summed E-state index contributed by atoms with van der Waals surface area (Å²) in [6.07, 6.45) is 0. The standard InChI is InChI=1S/C2H4O2S2/c1-3-4-2(5)6/h1H3,(H,5,6). The molecular weight excluding hydrogens is 120 g/mol. The Labute approximate surface area is 46.8 Å². The predicted molar refractivity (Wildman–Crippen MR) is 29.7 cm³/mol. The second-order valence-corrected chi connectivity index (χ2v) is 1.60. The van der Waals surface area contributed by atoms with E-state index in [-0.39, 0.29) is 4.38 Å². The second kappa shape index (κ2) is 3.39. The first kappa shape index (κ1) is 6.20. The lowest BCUT2D eigenvalue weighted by Crippen LogP contribution is -1.88. The van der Waals surface area contributed by atoms with Crippen LogP contribution in [0.4, 0.5) is 0 Å². The van der Waals surface area contributed by atoms with Crippen molar-refractivity contribution in [1.82, 2.24) is 0 Å². The first-order valence-corrected chi connectivity index (χ1v) is 2.06. The minimum atomic E-state index is 0.0949. The van der Waals surface area contributed by atoms with Crippen LogP contribution in [0.15, 0.2) is 0 Å². The maximum atomic E-state index is 4.31. The van der Waals surface area contributed by atoms with Gasteiger partial charge in [0.05, 0.1) is 7.11 Å².